The number of carboxylic acid groups (broad SMARTS) is 1. The highest BCUT2D eigenvalue weighted by atomic mass is 16.4. The number of nitrogens with two attached hydrogens (primary N) is 1. The van der Waals surface area contributed by atoms with E-state index in [1.165, 1.54) is 0 Å². The smallest absolute Gasteiger partial charge is 0.402 e. The van der Waals surface area contributed by atoms with E-state index in [0.717, 1.165) is 11.0 Å². The van der Waals surface area contributed by atoms with E-state index in [9.17, 15) is 0 Å². The number of nitrogens with zero attached hydrogens (tertiary/aromatic N) is 1. The minimum atomic E-state index is -1.33. The van der Waals surface area contributed by atoms with E-state index < -0.39 is 6.09 Å². The number of nitrogens with one attached hydrogen (secondary N) is 1. The Kier molecular flexibility index (Phi) is 4.72. The van der Waals surface area contributed by atoms with Gasteiger partial charge in [0.1, 0.15) is 0 Å². The molecule has 6 nitrogen and oxygen atoms in total. The fourth-order valence-electron chi connectivity index (χ4n) is 0.880. The number of fused-ring (bicyclic) bond motifs is 1. The van der Waals surface area contributed by atoms with E-state index in [1.54, 1.807) is 6.33 Å². The van der Waals surface area contributed by atoms with Crippen molar-refractivity contribution in [1.82, 2.24) is 16.1 Å². The van der Waals surface area contributed by atoms with Crippen molar-refractivity contribution in [2.75, 3.05) is 0 Å². The molecule has 0 aliphatic carbocycles. The third-order valence-electron chi connectivity index (χ3n) is 1.33. The van der Waals surface area contributed by atoms with Crippen LogP contribution in [0.3, 0.4) is 0 Å². The summed E-state index contributed by atoms with van der Waals surface area (Å²) >= 11 is 0. The Balaban J connectivity index is 0.000000299. The molecule has 0 atom stereocenters. The van der Waals surface area contributed by atoms with Crippen molar-refractivity contribution in [3.05, 3.63) is 30.6 Å². The van der Waals surface area contributed by atoms with Gasteiger partial charge < -0.3 is 22.0 Å². The third-order valence-corrected chi connectivity index (χ3v) is 1.33. The highest BCUT2D eigenvalue weighted by molar-refractivity contribution is 5.73. The lowest BCUT2D eigenvalue weighted by molar-refractivity contribution is 0.205. The second kappa shape index (κ2) is 5.55. The molecule has 7 N–H and O–H groups in total. The average Bonchev–Trinajstić information content (AvgIpc) is 2.49. The molecule has 0 aliphatic heterocycles. The van der Waals surface area contributed by atoms with E-state index in [1.807, 2.05) is 24.3 Å². The SMILES string of the molecule is N.NC(=O)O.c1ccc2[nH]cnc2c1. The molecule has 76 valence electrons. The van der Waals surface area contributed by atoms with Crippen molar-refractivity contribution in [3.8, 4) is 0 Å². The number of aromatic nitrogens is 2. The number of imidazole rings is 1. The molecule has 1 amide bonds. The topological polar surface area (TPSA) is 127 Å². The molecule has 2 aromatic rings. The number of carbonyl (C=O) groups is 1. The van der Waals surface area contributed by atoms with Gasteiger partial charge in [-0.15, -0.1) is 0 Å². The van der Waals surface area contributed by atoms with Crippen LogP contribution < -0.4 is 11.9 Å². The normalized spacial score (nSPS) is 8.29. The van der Waals surface area contributed by atoms with E-state index >= 15 is 0 Å². The molecule has 0 unspecified atom stereocenters. The number of rotatable bonds is 0. The molecule has 1 heterocycles. The summed E-state index contributed by atoms with van der Waals surface area (Å²) in [6.07, 6.45) is 0.366. The van der Waals surface area contributed by atoms with Gasteiger partial charge in [-0.25, -0.2) is 9.78 Å². The Hall–Kier alpha value is -2.08. The second-order valence-corrected chi connectivity index (χ2v) is 2.26. The molecule has 0 saturated heterocycles. The molecule has 0 radical (unpaired) electrons. The first-order chi connectivity index (χ1) is 6.20. The van der Waals surface area contributed by atoms with Crippen molar-refractivity contribution in [1.29, 1.82) is 0 Å². The molecule has 0 saturated carbocycles. The van der Waals surface area contributed by atoms with E-state index in [4.69, 9.17) is 9.90 Å². The monoisotopic (exact) mass is 196 g/mol. The summed E-state index contributed by atoms with van der Waals surface area (Å²) in [5.74, 6) is 0. The van der Waals surface area contributed by atoms with E-state index in [-0.39, 0.29) is 6.15 Å². The summed E-state index contributed by atoms with van der Waals surface area (Å²) in [6.45, 7) is 0. The molecular formula is C8H12N4O2. The molecule has 0 spiro atoms. The first-order valence-corrected chi connectivity index (χ1v) is 3.56. The fraction of sp³-hybridized carbons (Fsp3) is 0. The number of hydrogen-bond donors (Lipinski definition) is 4. The Morgan fingerprint density at radius 1 is 1.43 bits per heavy atom. The minimum Gasteiger partial charge on any atom is -0.465 e. The predicted molar refractivity (Wildman–Crippen MR) is 53.3 cm³/mol. The highest BCUT2D eigenvalue weighted by Gasteiger charge is 1.88. The highest BCUT2D eigenvalue weighted by Crippen LogP contribution is 2.05. The van der Waals surface area contributed by atoms with Gasteiger partial charge in [0.05, 0.1) is 17.4 Å². The number of amides is 1. The number of benzene rings is 1. The van der Waals surface area contributed by atoms with Crippen molar-refractivity contribution in [2.24, 2.45) is 5.73 Å². The summed E-state index contributed by atoms with van der Waals surface area (Å²) in [4.78, 5) is 15.8. The average molecular weight is 196 g/mol. The van der Waals surface area contributed by atoms with Crippen LogP contribution in [0.4, 0.5) is 4.79 Å². The van der Waals surface area contributed by atoms with Crippen LogP contribution in [-0.2, 0) is 0 Å². The van der Waals surface area contributed by atoms with Gasteiger partial charge in [-0.05, 0) is 12.1 Å². The van der Waals surface area contributed by atoms with Gasteiger partial charge >= 0.3 is 6.09 Å². The summed E-state index contributed by atoms with van der Waals surface area (Å²) in [6, 6.07) is 7.94. The maximum atomic E-state index is 8.78. The van der Waals surface area contributed by atoms with Crippen LogP contribution in [0.5, 0.6) is 0 Å². The summed E-state index contributed by atoms with van der Waals surface area (Å²) in [7, 11) is 0. The number of H-pyrrole nitrogens is 1. The molecule has 0 fully saturated rings. The molecule has 1 aromatic heterocycles. The van der Waals surface area contributed by atoms with Crippen LogP contribution in [0.15, 0.2) is 30.6 Å². The number of aromatic amines is 1. The quantitative estimate of drug-likeness (QED) is 0.507. The van der Waals surface area contributed by atoms with Gasteiger partial charge in [0.15, 0.2) is 0 Å². The van der Waals surface area contributed by atoms with Gasteiger partial charge in [-0.3, -0.25) is 0 Å². The maximum absolute atomic E-state index is 8.78. The predicted octanol–water partition coefficient (Wildman–Crippen LogP) is 1.35. The zero-order valence-corrected chi connectivity index (χ0v) is 7.47. The zero-order chi connectivity index (χ0) is 9.68. The third kappa shape index (κ3) is 3.55. The Bertz CT molecular complexity index is 365. The fourth-order valence-corrected chi connectivity index (χ4v) is 0.880. The lowest BCUT2D eigenvalue weighted by Crippen LogP contribution is -2.03. The van der Waals surface area contributed by atoms with Gasteiger partial charge in [-0.2, -0.15) is 0 Å². The van der Waals surface area contributed by atoms with Crippen molar-refractivity contribution < 1.29 is 9.90 Å². The van der Waals surface area contributed by atoms with E-state index in [2.05, 4.69) is 15.7 Å². The van der Waals surface area contributed by atoms with Crippen LogP contribution >= 0.6 is 0 Å². The maximum Gasteiger partial charge on any atom is 0.402 e. The van der Waals surface area contributed by atoms with Crippen LogP contribution in [0.25, 0.3) is 11.0 Å². The number of hydrogen-bond acceptors (Lipinski definition) is 3. The molecular weight excluding hydrogens is 184 g/mol. The lowest BCUT2D eigenvalue weighted by atomic mass is 10.3. The van der Waals surface area contributed by atoms with Gasteiger partial charge in [0.2, 0.25) is 0 Å². The van der Waals surface area contributed by atoms with Gasteiger partial charge in [0.25, 0.3) is 0 Å². The molecule has 6 heteroatoms. The first-order valence-electron chi connectivity index (χ1n) is 3.56. The van der Waals surface area contributed by atoms with Crippen LogP contribution in [0.1, 0.15) is 0 Å². The molecule has 2 rings (SSSR count). The number of para-hydroxylation sites is 2. The van der Waals surface area contributed by atoms with Crippen LogP contribution in [-0.4, -0.2) is 21.2 Å². The summed E-state index contributed by atoms with van der Waals surface area (Å²) in [5, 5.41) is 7.19. The van der Waals surface area contributed by atoms with Gasteiger partial charge in [0, 0.05) is 0 Å². The Morgan fingerprint density at radius 2 is 2.00 bits per heavy atom. The largest absolute Gasteiger partial charge is 0.465 e. The van der Waals surface area contributed by atoms with Gasteiger partial charge in [-0.1, -0.05) is 12.1 Å². The summed E-state index contributed by atoms with van der Waals surface area (Å²) in [5.41, 5.74) is 6.15. The van der Waals surface area contributed by atoms with Crippen LogP contribution in [0.2, 0.25) is 0 Å². The minimum absolute atomic E-state index is 0. The summed E-state index contributed by atoms with van der Waals surface area (Å²) < 4.78 is 0. The lowest BCUT2D eigenvalue weighted by Gasteiger charge is -1.81. The van der Waals surface area contributed by atoms with Crippen molar-refractivity contribution >= 4 is 17.1 Å². The first kappa shape index (κ1) is 11.9. The van der Waals surface area contributed by atoms with Crippen molar-refractivity contribution in [3.63, 3.8) is 0 Å². The molecule has 14 heavy (non-hydrogen) atoms. The van der Waals surface area contributed by atoms with Crippen molar-refractivity contribution in [2.45, 2.75) is 0 Å². The molecule has 0 bridgehead atoms. The molecule has 0 aliphatic rings. The Labute approximate surface area is 80.3 Å². The standard InChI is InChI=1S/C7H6N2.CH3NO2.H3N/c1-2-4-7-6(3-1)8-5-9-7;2-1(3)4;/h1-5H,(H,8,9);2H2,(H,3,4);1H3. The zero-order valence-electron chi connectivity index (χ0n) is 7.47. The molecule has 1 aromatic carbocycles. The van der Waals surface area contributed by atoms with E-state index in [0.29, 0.717) is 0 Å². The Morgan fingerprint density at radius 3 is 2.57 bits per heavy atom. The number of primary amides is 1. The second-order valence-electron chi connectivity index (χ2n) is 2.26. The van der Waals surface area contributed by atoms with Crippen LogP contribution in [0, 0.1) is 0 Å².